The molecular weight excluding hydrogens is 250 g/mol. The fraction of sp³-hybridized carbons (Fsp3) is 0.462. The molecule has 1 aliphatic heterocycles. The van der Waals surface area contributed by atoms with Crippen LogP contribution in [0.5, 0.6) is 0 Å². The maximum absolute atomic E-state index is 8.73. The maximum Gasteiger partial charge on any atom is 0.143 e. The number of rotatable bonds is 3. The molecule has 0 spiro atoms. The molecule has 0 aromatic heterocycles. The lowest BCUT2D eigenvalue weighted by Gasteiger charge is -2.32. The Morgan fingerprint density at radius 1 is 1.50 bits per heavy atom. The molecule has 2 rings (SSSR count). The van der Waals surface area contributed by atoms with E-state index in [1.165, 1.54) is 0 Å². The second kappa shape index (κ2) is 6.07. The van der Waals surface area contributed by atoms with Crippen molar-refractivity contribution in [3.8, 4) is 0 Å². The Morgan fingerprint density at radius 3 is 3.00 bits per heavy atom. The summed E-state index contributed by atoms with van der Waals surface area (Å²) in [6, 6.07) is 7.87. The number of hydrogen-bond acceptors (Lipinski definition) is 3. The summed E-state index contributed by atoms with van der Waals surface area (Å²) in [5.41, 5.74) is 6.80. The van der Waals surface area contributed by atoms with Crippen molar-refractivity contribution in [2.75, 3.05) is 13.1 Å². The lowest BCUT2D eigenvalue weighted by molar-refractivity contribution is 0.193. The molecule has 0 saturated carbocycles. The highest BCUT2D eigenvalue weighted by atomic mass is 35.5. The molecule has 4 nitrogen and oxygen atoms in total. The molecule has 1 aromatic carbocycles. The van der Waals surface area contributed by atoms with Crippen LogP contribution in [0, 0.1) is 5.92 Å². The molecular formula is C13H18ClN3O. The van der Waals surface area contributed by atoms with E-state index in [2.05, 4.69) is 10.1 Å². The molecule has 1 fully saturated rings. The number of oxime groups is 1. The summed E-state index contributed by atoms with van der Waals surface area (Å²) in [4.78, 5) is 2.30. The highest BCUT2D eigenvalue weighted by Gasteiger charge is 2.23. The molecule has 18 heavy (non-hydrogen) atoms. The summed E-state index contributed by atoms with van der Waals surface area (Å²) < 4.78 is 0. The third kappa shape index (κ3) is 3.15. The van der Waals surface area contributed by atoms with E-state index in [1.54, 1.807) is 0 Å². The van der Waals surface area contributed by atoms with Crippen molar-refractivity contribution < 1.29 is 5.21 Å². The highest BCUT2D eigenvalue weighted by Crippen LogP contribution is 2.22. The third-order valence-electron chi connectivity index (χ3n) is 3.39. The van der Waals surface area contributed by atoms with Gasteiger partial charge in [-0.05, 0) is 31.0 Å². The molecule has 1 heterocycles. The third-order valence-corrected chi connectivity index (χ3v) is 3.76. The van der Waals surface area contributed by atoms with E-state index in [0.717, 1.165) is 43.1 Å². The van der Waals surface area contributed by atoms with Gasteiger partial charge in [-0.2, -0.15) is 0 Å². The Hall–Kier alpha value is -1.26. The summed E-state index contributed by atoms with van der Waals surface area (Å²) in [6.45, 7) is 2.66. The number of amidine groups is 1. The van der Waals surface area contributed by atoms with E-state index < -0.39 is 0 Å². The van der Waals surface area contributed by atoms with Crippen LogP contribution in [0.1, 0.15) is 18.4 Å². The molecule has 5 heteroatoms. The van der Waals surface area contributed by atoms with E-state index in [-0.39, 0.29) is 5.92 Å². The zero-order valence-corrected chi connectivity index (χ0v) is 11.0. The van der Waals surface area contributed by atoms with Gasteiger partial charge in [0, 0.05) is 24.0 Å². The monoisotopic (exact) mass is 267 g/mol. The summed E-state index contributed by atoms with van der Waals surface area (Å²) in [6.07, 6.45) is 2.04. The molecule has 1 aromatic rings. The largest absolute Gasteiger partial charge is 0.409 e. The standard InChI is InChI=1S/C13H18ClN3O/c14-12-6-2-1-4-10(12)8-17-7-3-5-11(9-17)13(15)16-18/h1-2,4,6,11,18H,3,5,7-9H2,(H2,15,16). The normalized spacial score (nSPS) is 22.1. The average Bonchev–Trinajstić information content (AvgIpc) is 2.41. The van der Waals surface area contributed by atoms with Gasteiger partial charge in [-0.1, -0.05) is 35.0 Å². The minimum Gasteiger partial charge on any atom is -0.409 e. The first-order valence-corrected chi connectivity index (χ1v) is 6.51. The molecule has 1 atom stereocenters. The summed E-state index contributed by atoms with van der Waals surface area (Å²) >= 11 is 6.15. The lowest BCUT2D eigenvalue weighted by atomic mass is 9.96. The zero-order valence-electron chi connectivity index (χ0n) is 10.2. The van der Waals surface area contributed by atoms with Crippen molar-refractivity contribution in [3.05, 3.63) is 34.9 Å². The fourth-order valence-electron chi connectivity index (χ4n) is 2.39. The van der Waals surface area contributed by atoms with E-state index in [0.29, 0.717) is 5.84 Å². The van der Waals surface area contributed by atoms with E-state index >= 15 is 0 Å². The number of halogens is 1. The lowest BCUT2D eigenvalue weighted by Crippen LogP contribution is -2.40. The first-order valence-electron chi connectivity index (χ1n) is 6.14. The van der Waals surface area contributed by atoms with Crippen molar-refractivity contribution in [1.29, 1.82) is 0 Å². The Morgan fingerprint density at radius 2 is 2.28 bits per heavy atom. The number of benzene rings is 1. The van der Waals surface area contributed by atoms with Crippen LogP contribution in [0.15, 0.2) is 29.4 Å². The second-order valence-electron chi connectivity index (χ2n) is 4.69. The minimum absolute atomic E-state index is 0.145. The van der Waals surface area contributed by atoms with Crippen LogP contribution in [0.25, 0.3) is 0 Å². The van der Waals surface area contributed by atoms with Gasteiger partial charge < -0.3 is 10.9 Å². The predicted octanol–water partition coefficient (Wildman–Crippen LogP) is 2.30. The van der Waals surface area contributed by atoms with Crippen molar-refractivity contribution in [2.24, 2.45) is 16.8 Å². The van der Waals surface area contributed by atoms with E-state index in [9.17, 15) is 0 Å². The van der Waals surface area contributed by atoms with Gasteiger partial charge in [0.2, 0.25) is 0 Å². The first-order chi connectivity index (χ1) is 8.70. The van der Waals surface area contributed by atoms with Crippen LogP contribution in [-0.2, 0) is 6.54 Å². The van der Waals surface area contributed by atoms with Gasteiger partial charge >= 0.3 is 0 Å². The molecule has 1 aliphatic rings. The molecule has 0 bridgehead atoms. The number of piperidine rings is 1. The predicted molar refractivity (Wildman–Crippen MR) is 72.9 cm³/mol. The highest BCUT2D eigenvalue weighted by molar-refractivity contribution is 6.31. The van der Waals surface area contributed by atoms with Gasteiger partial charge in [-0.3, -0.25) is 4.90 Å². The van der Waals surface area contributed by atoms with E-state index in [1.807, 2.05) is 24.3 Å². The SMILES string of the molecule is NC(=NO)C1CCCN(Cc2ccccc2Cl)C1. The molecule has 1 unspecified atom stereocenters. The molecule has 98 valence electrons. The van der Waals surface area contributed by atoms with Crippen LogP contribution in [0.3, 0.4) is 0 Å². The average molecular weight is 268 g/mol. The quantitative estimate of drug-likeness (QED) is 0.382. The van der Waals surface area contributed by atoms with Crippen molar-refractivity contribution in [2.45, 2.75) is 19.4 Å². The Labute approximate surface area is 112 Å². The smallest absolute Gasteiger partial charge is 0.143 e. The fourth-order valence-corrected chi connectivity index (χ4v) is 2.59. The second-order valence-corrected chi connectivity index (χ2v) is 5.10. The van der Waals surface area contributed by atoms with Crippen LogP contribution >= 0.6 is 11.6 Å². The summed E-state index contributed by atoms with van der Waals surface area (Å²) in [5.74, 6) is 0.477. The molecule has 0 radical (unpaired) electrons. The van der Waals surface area contributed by atoms with Gasteiger partial charge in [-0.15, -0.1) is 0 Å². The van der Waals surface area contributed by atoms with Crippen molar-refractivity contribution >= 4 is 17.4 Å². The van der Waals surface area contributed by atoms with Crippen molar-refractivity contribution in [1.82, 2.24) is 4.90 Å². The van der Waals surface area contributed by atoms with Crippen LogP contribution in [0.4, 0.5) is 0 Å². The topological polar surface area (TPSA) is 61.9 Å². The van der Waals surface area contributed by atoms with Crippen LogP contribution in [0.2, 0.25) is 5.02 Å². The van der Waals surface area contributed by atoms with Gasteiger partial charge in [0.15, 0.2) is 0 Å². The van der Waals surface area contributed by atoms with Gasteiger partial charge in [0.1, 0.15) is 5.84 Å². The van der Waals surface area contributed by atoms with Gasteiger partial charge in [0.05, 0.1) is 0 Å². The molecule has 1 saturated heterocycles. The van der Waals surface area contributed by atoms with Gasteiger partial charge in [-0.25, -0.2) is 0 Å². The Kier molecular flexibility index (Phi) is 4.44. The van der Waals surface area contributed by atoms with E-state index in [4.69, 9.17) is 22.5 Å². The molecule has 0 aliphatic carbocycles. The number of likely N-dealkylation sites (tertiary alicyclic amines) is 1. The molecule has 0 amide bonds. The number of nitrogens with two attached hydrogens (primary N) is 1. The summed E-state index contributed by atoms with van der Waals surface area (Å²) in [7, 11) is 0. The van der Waals surface area contributed by atoms with Gasteiger partial charge in [0.25, 0.3) is 0 Å². The minimum atomic E-state index is 0.145. The molecule has 3 N–H and O–H groups in total. The maximum atomic E-state index is 8.73. The number of hydrogen-bond donors (Lipinski definition) is 2. The summed E-state index contributed by atoms with van der Waals surface area (Å²) in [5, 5.41) is 12.6. The van der Waals surface area contributed by atoms with Crippen LogP contribution < -0.4 is 5.73 Å². The first kappa shape index (κ1) is 13.2. The Balaban J connectivity index is 2.00. The Bertz CT molecular complexity index is 436. The van der Waals surface area contributed by atoms with Crippen LogP contribution in [-0.4, -0.2) is 29.0 Å². The van der Waals surface area contributed by atoms with Crippen molar-refractivity contribution in [3.63, 3.8) is 0 Å². The zero-order chi connectivity index (χ0) is 13.0. The number of nitrogens with zero attached hydrogens (tertiary/aromatic N) is 2.